The van der Waals surface area contributed by atoms with Crippen molar-refractivity contribution in [3.63, 3.8) is 0 Å². The average Bonchev–Trinajstić information content (AvgIpc) is 2.92. The van der Waals surface area contributed by atoms with Gasteiger partial charge in [-0.05, 0) is 48.9 Å². The number of anilines is 1. The summed E-state index contributed by atoms with van der Waals surface area (Å²) in [4.78, 5) is 14.1. The highest BCUT2D eigenvalue weighted by molar-refractivity contribution is 9.10. The number of ether oxygens (including phenoxy) is 1. The van der Waals surface area contributed by atoms with Gasteiger partial charge in [0, 0.05) is 14.9 Å². The second-order valence-corrected chi connectivity index (χ2v) is 8.51. The molecule has 0 spiro atoms. The first-order chi connectivity index (χ1) is 11.6. The molecule has 24 heavy (non-hydrogen) atoms. The number of hydrogen-bond donors (Lipinski definition) is 2. The van der Waals surface area contributed by atoms with Gasteiger partial charge in [0.25, 0.3) is 5.91 Å². The highest BCUT2D eigenvalue weighted by Crippen LogP contribution is 2.43. The average molecular weight is 407 g/mol. The van der Waals surface area contributed by atoms with Gasteiger partial charge in [-0.25, -0.2) is 0 Å². The Labute approximate surface area is 153 Å². The summed E-state index contributed by atoms with van der Waals surface area (Å²) in [6, 6.07) is 5.82. The third-order valence-electron chi connectivity index (χ3n) is 4.79. The Hall–Kier alpha value is -1.53. The lowest BCUT2D eigenvalue weighted by Crippen LogP contribution is -2.38. The first kappa shape index (κ1) is 16.0. The second-order valence-electron chi connectivity index (χ2n) is 6.49. The number of carbonyl (C=O) groups excluding carboxylic acids is 1. The van der Waals surface area contributed by atoms with Crippen molar-refractivity contribution in [2.24, 2.45) is 5.92 Å². The number of hydrogen-bond acceptors (Lipinski definition) is 4. The predicted octanol–water partition coefficient (Wildman–Crippen LogP) is 4.50. The van der Waals surface area contributed by atoms with Crippen LogP contribution in [0.4, 0.5) is 5.00 Å². The first-order valence-corrected chi connectivity index (χ1v) is 9.73. The van der Waals surface area contributed by atoms with Crippen LogP contribution in [0.25, 0.3) is 0 Å². The Morgan fingerprint density at radius 2 is 2.17 bits per heavy atom. The molecule has 0 saturated heterocycles. The maximum absolute atomic E-state index is 12.8. The van der Waals surface area contributed by atoms with Crippen LogP contribution in [-0.4, -0.2) is 13.0 Å². The smallest absolute Gasteiger partial charge is 0.256 e. The summed E-state index contributed by atoms with van der Waals surface area (Å²) in [6.07, 6.45) is 2.96. The molecule has 2 N–H and O–H groups in total. The van der Waals surface area contributed by atoms with Crippen molar-refractivity contribution >= 4 is 38.2 Å². The van der Waals surface area contributed by atoms with Crippen LogP contribution < -0.4 is 15.4 Å². The normalized spacial score (nSPS) is 22.2. The Morgan fingerprint density at radius 1 is 1.33 bits per heavy atom. The molecule has 2 atom stereocenters. The molecule has 4 nitrogen and oxygen atoms in total. The van der Waals surface area contributed by atoms with E-state index >= 15 is 0 Å². The van der Waals surface area contributed by atoms with Gasteiger partial charge in [-0.1, -0.05) is 22.9 Å². The molecule has 1 aromatic carbocycles. The molecule has 0 radical (unpaired) electrons. The van der Waals surface area contributed by atoms with Gasteiger partial charge in [-0.2, -0.15) is 0 Å². The number of fused-ring (bicyclic) bond motifs is 3. The fourth-order valence-corrected chi connectivity index (χ4v) is 5.36. The minimum absolute atomic E-state index is 0.0165. The van der Waals surface area contributed by atoms with Gasteiger partial charge < -0.3 is 15.4 Å². The molecule has 2 heterocycles. The Bertz CT molecular complexity index is 818. The number of nitrogens with one attached hydrogen (secondary N) is 2. The van der Waals surface area contributed by atoms with Crippen molar-refractivity contribution in [2.75, 3.05) is 12.4 Å². The molecule has 1 aliphatic carbocycles. The highest BCUT2D eigenvalue weighted by Gasteiger charge is 2.33. The van der Waals surface area contributed by atoms with Crippen LogP contribution in [0.15, 0.2) is 22.7 Å². The number of rotatable bonds is 2. The van der Waals surface area contributed by atoms with Crippen molar-refractivity contribution in [2.45, 2.75) is 32.4 Å². The van der Waals surface area contributed by atoms with Crippen LogP contribution in [0.3, 0.4) is 0 Å². The lowest BCUT2D eigenvalue weighted by Gasteiger charge is -2.28. The molecular weight excluding hydrogens is 388 g/mol. The molecule has 0 bridgehead atoms. The van der Waals surface area contributed by atoms with E-state index in [1.54, 1.807) is 18.4 Å². The maximum Gasteiger partial charge on any atom is 0.256 e. The molecule has 2 aromatic rings. The Balaban J connectivity index is 1.73. The number of thiophene rings is 1. The van der Waals surface area contributed by atoms with Crippen LogP contribution in [0, 0.1) is 5.92 Å². The van der Waals surface area contributed by atoms with E-state index in [1.807, 2.05) is 18.2 Å². The molecule has 1 aliphatic heterocycles. The zero-order valence-corrected chi connectivity index (χ0v) is 16.0. The largest absolute Gasteiger partial charge is 0.496 e. The van der Waals surface area contributed by atoms with Gasteiger partial charge in [0.15, 0.2) is 0 Å². The summed E-state index contributed by atoms with van der Waals surface area (Å²) in [5.41, 5.74) is 3.02. The summed E-state index contributed by atoms with van der Waals surface area (Å²) in [5, 5.41) is 7.59. The summed E-state index contributed by atoms with van der Waals surface area (Å²) in [7, 11) is 1.65. The van der Waals surface area contributed by atoms with Crippen LogP contribution in [0.5, 0.6) is 5.75 Å². The summed E-state index contributed by atoms with van der Waals surface area (Å²) in [6.45, 7) is 2.28. The van der Waals surface area contributed by atoms with E-state index in [0.717, 1.165) is 45.6 Å². The molecule has 126 valence electrons. The SMILES string of the molecule is COc1ccc(Br)cc1[C@H]1NC(=O)c2c(sc3c2CC[C@@H](C)C3)N1. The lowest BCUT2D eigenvalue weighted by molar-refractivity contribution is 0.0934. The number of amides is 1. The van der Waals surface area contributed by atoms with E-state index in [1.165, 1.54) is 10.4 Å². The zero-order valence-electron chi connectivity index (χ0n) is 13.6. The third-order valence-corrected chi connectivity index (χ3v) is 6.47. The van der Waals surface area contributed by atoms with Gasteiger partial charge in [0.2, 0.25) is 0 Å². The van der Waals surface area contributed by atoms with Crippen LogP contribution >= 0.6 is 27.3 Å². The number of halogens is 1. The van der Waals surface area contributed by atoms with Crippen molar-refractivity contribution in [1.29, 1.82) is 0 Å². The summed E-state index contributed by atoms with van der Waals surface area (Å²) >= 11 is 5.24. The van der Waals surface area contributed by atoms with Gasteiger partial charge >= 0.3 is 0 Å². The minimum atomic E-state index is -0.282. The third kappa shape index (κ3) is 2.62. The maximum atomic E-state index is 12.8. The molecule has 0 fully saturated rings. The molecule has 0 saturated carbocycles. The quantitative estimate of drug-likeness (QED) is 0.771. The highest BCUT2D eigenvalue weighted by atomic mass is 79.9. The Kier molecular flexibility index (Phi) is 4.04. The van der Waals surface area contributed by atoms with Crippen molar-refractivity contribution in [1.82, 2.24) is 5.32 Å². The van der Waals surface area contributed by atoms with Gasteiger partial charge in [-0.3, -0.25) is 4.79 Å². The Morgan fingerprint density at radius 3 is 2.96 bits per heavy atom. The molecule has 1 amide bonds. The van der Waals surface area contributed by atoms with Gasteiger partial charge in [-0.15, -0.1) is 11.3 Å². The van der Waals surface area contributed by atoms with Crippen molar-refractivity contribution in [3.05, 3.63) is 44.2 Å². The predicted molar refractivity (Wildman–Crippen MR) is 100 cm³/mol. The van der Waals surface area contributed by atoms with E-state index in [-0.39, 0.29) is 12.1 Å². The summed E-state index contributed by atoms with van der Waals surface area (Å²) < 4.78 is 6.42. The van der Waals surface area contributed by atoms with E-state index < -0.39 is 0 Å². The fourth-order valence-electron chi connectivity index (χ4n) is 3.55. The summed E-state index contributed by atoms with van der Waals surface area (Å²) in [5.74, 6) is 1.47. The molecule has 1 aromatic heterocycles. The van der Waals surface area contributed by atoms with Gasteiger partial charge in [0.1, 0.15) is 16.9 Å². The zero-order chi connectivity index (χ0) is 16.8. The van der Waals surface area contributed by atoms with Crippen molar-refractivity contribution < 1.29 is 9.53 Å². The lowest BCUT2D eigenvalue weighted by atomic mass is 9.88. The minimum Gasteiger partial charge on any atom is -0.496 e. The number of benzene rings is 1. The molecular formula is C18H19BrN2O2S. The molecule has 2 aliphatic rings. The van der Waals surface area contributed by atoms with Crippen LogP contribution in [0.1, 0.15) is 45.9 Å². The first-order valence-electron chi connectivity index (χ1n) is 8.12. The number of carbonyl (C=O) groups is 1. The monoisotopic (exact) mass is 406 g/mol. The number of methoxy groups -OCH3 is 1. The van der Waals surface area contributed by atoms with Crippen molar-refractivity contribution in [3.8, 4) is 5.75 Å². The standard InChI is InChI=1S/C18H19BrN2O2S/c1-9-3-5-11-14(7-9)24-18-15(11)17(22)20-16(21-18)12-8-10(19)4-6-13(12)23-2/h4,6,8-9,16,21H,3,5,7H2,1-2H3,(H,20,22)/t9-,16+/m1/s1. The van der Waals surface area contributed by atoms with E-state index in [9.17, 15) is 4.79 Å². The van der Waals surface area contributed by atoms with Crippen LogP contribution in [0.2, 0.25) is 0 Å². The molecule has 0 unspecified atom stereocenters. The van der Waals surface area contributed by atoms with E-state index in [4.69, 9.17) is 4.74 Å². The van der Waals surface area contributed by atoms with Gasteiger partial charge in [0.05, 0.1) is 12.7 Å². The molecule has 4 rings (SSSR count). The topological polar surface area (TPSA) is 50.4 Å². The second kappa shape index (κ2) is 6.08. The fraction of sp³-hybridized carbons (Fsp3) is 0.389. The van der Waals surface area contributed by atoms with E-state index in [0.29, 0.717) is 5.92 Å². The van der Waals surface area contributed by atoms with Crippen LogP contribution in [-0.2, 0) is 12.8 Å². The molecule has 6 heteroatoms. The van der Waals surface area contributed by atoms with E-state index in [2.05, 4.69) is 33.5 Å².